The van der Waals surface area contributed by atoms with Crippen LogP contribution in [0.5, 0.6) is 5.75 Å². The van der Waals surface area contributed by atoms with Crippen molar-refractivity contribution in [1.82, 2.24) is 9.97 Å². The highest BCUT2D eigenvalue weighted by molar-refractivity contribution is 5.55. The van der Waals surface area contributed by atoms with Crippen molar-refractivity contribution < 1.29 is 4.74 Å². The number of nitrogens with one attached hydrogen (secondary N) is 2. The van der Waals surface area contributed by atoms with Crippen molar-refractivity contribution in [2.45, 2.75) is 13.8 Å². The van der Waals surface area contributed by atoms with Crippen LogP contribution in [0.2, 0.25) is 0 Å². The topological polar surface area (TPSA) is 59.1 Å². The Balaban J connectivity index is 2.02. The van der Waals surface area contributed by atoms with E-state index in [4.69, 9.17) is 4.74 Å². The summed E-state index contributed by atoms with van der Waals surface area (Å²) >= 11 is 0. The molecular formula is C15H20N4O. The van der Waals surface area contributed by atoms with Crippen molar-refractivity contribution in [3.8, 4) is 5.75 Å². The smallest absolute Gasteiger partial charge is 0.229 e. The molecule has 1 aromatic carbocycles. The van der Waals surface area contributed by atoms with E-state index < -0.39 is 0 Å². The lowest BCUT2D eigenvalue weighted by atomic mass is 10.2. The SMILES string of the molecule is COc1ccc(Nc2nccc(NCC(C)C)n2)cc1. The number of nitrogens with zero attached hydrogens (tertiary/aromatic N) is 2. The number of hydrogen-bond acceptors (Lipinski definition) is 5. The molecule has 0 fully saturated rings. The number of hydrogen-bond donors (Lipinski definition) is 2. The van der Waals surface area contributed by atoms with Crippen molar-refractivity contribution in [1.29, 1.82) is 0 Å². The van der Waals surface area contributed by atoms with E-state index in [9.17, 15) is 0 Å². The average Bonchev–Trinajstić information content (AvgIpc) is 2.46. The van der Waals surface area contributed by atoms with Gasteiger partial charge in [-0.05, 0) is 36.2 Å². The van der Waals surface area contributed by atoms with Crippen LogP contribution in [-0.2, 0) is 0 Å². The van der Waals surface area contributed by atoms with Crippen molar-refractivity contribution in [2.75, 3.05) is 24.3 Å². The fourth-order valence-corrected chi connectivity index (χ4v) is 1.63. The molecular weight excluding hydrogens is 252 g/mol. The maximum Gasteiger partial charge on any atom is 0.229 e. The van der Waals surface area contributed by atoms with Crippen molar-refractivity contribution >= 4 is 17.5 Å². The highest BCUT2D eigenvalue weighted by Crippen LogP contribution is 2.18. The highest BCUT2D eigenvalue weighted by atomic mass is 16.5. The van der Waals surface area contributed by atoms with Gasteiger partial charge >= 0.3 is 0 Å². The van der Waals surface area contributed by atoms with Crippen molar-refractivity contribution in [2.24, 2.45) is 5.92 Å². The van der Waals surface area contributed by atoms with Crippen molar-refractivity contribution in [3.05, 3.63) is 36.5 Å². The van der Waals surface area contributed by atoms with Crippen LogP contribution >= 0.6 is 0 Å². The number of benzene rings is 1. The van der Waals surface area contributed by atoms with E-state index in [2.05, 4.69) is 34.4 Å². The molecule has 2 N–H and O–H groups in total. The quantitative estimate of drug-likeness (QED) is 0.845. The molecule has 0 aliphatic carbocycles. The Kier molecular flexibility index (Phi) is 4.76. The van der Waals surface area contributed by atoms with Crippen LogP contribution in [0.4, 0.5) is 17.5 Å². The summed E-state index contributed by atoms with van der Waals surface area (Å²) in [5.41, 5.74) is 0.923. The summed E-state index contributed by atoms with van der Waals surface area (Å²) < 4.78 is 5.12. The monoisotopic (exact) mass is 272 g/mol. The molecule has 0 atom stereocenters. The summed E-state index contributed by atoms with van der Waals surface area (Å²) in [5, 5.41) is 6.44. The Morgan fingerprint density at radius 1 is 1.15 bits per heavy atom. The molecule has 1 aromatic heterocycles. The third kappa shape index (κ3) is 4.12. The molecule has 0 unspecified atom stereocenters. The number of aromatic nitrogens is 2. The largest absolute Gasteiger partial charge is 0.497 e. The molecule has 0 radical (unpaired) electrons. The molecule has 5 heteroatoms. The van der Waals surface area contributed by atoms with E-state index in [1.54, 1.807) is 13.3 Å². The summed E-state index contributed by atoms with van der Waals surface area (Å²) in [7, 11) is 1.65. The second-order valence-electron chi connectivity index (χ2n) is 4.89. The van der Waals surface area contributed by atoms with Crippen LogP contribution in [0.1, 0.15) is 13.8 Å². The molecule has 0 spiro atoms. The lowest BCUT2D eigenvalue weighted by Crippen LogP contribution is -2.10. The fourth-order valence-electron chi connectivity index (χ4n) is 1.63. The highest BCUT2D eigenvalue weighted by Gasteiger charge is 2.01. The van der Waals surface area contributed by atoms with E-state index in [1.165, 1.54) is 0 Å². The number of rotatable bonds is 6. The van der Waals surface area contributed by atoms with Gasteiger partial charge in [-0.1, -0.05) is 13.8 Å². The van der Waals surface area contributed by atoms with Gasteiger partial charge in [0.2, 0.25) is 5.95 Å². The van der Waals surface area contributed by atoms with Gasteiger partial charge < -0.3 is 15.4 Å². The second-order valence-corrected chi connectivity index (χ2v) is 4.89. The first-order chi connectivity index (χ1) is 9.67. The predicted molar refractivity (Wildman–Crippen MR) is 81.6 cm³/mol. The van der Waals surface area contributed by atoms with Gasteiger partial charge in [-0.2, -0.15) is 4.98 Å². The maximum atomic E-state index is 5.12. The molecule has 2 rings (SSSR count). The Morgan fingerprint density at radius 3 is 2.55 bits per heavy atom. The zero-order valence-corrected chi connectivity index (χ0v) is 12.1. The zero-order chi connectivity index (χ0) is 14.4. The van der Waals surface area contributed by atoms with Gasteiger partial charge in [-0.3, -0.25) is 0 Å². The molecule has 0 amide bonds. The molecule has 106 valence electrons. The van der Waals surface area contributed by atoms with Gasteiger partial charge in [-0.15, -0.1) is 0 Å². The minimum Gasteiger partial charge on any atom is -0.497 e. The van der Waals surface area contributed by atoms with Crippen LogP contribution in [0.3, 0.4) is 0 Å². The fraction of sp³-hybridized carbons (Fsp3) is 0.333. The maximum absolute atomic E-state index is 5.12. The number of anilines is 3. The lowest BCUT2D eigenvalue weighted by Gasteiger charge is -2.10. The zero-order valence-electron chi connectivity index (χ0n) is 12.1. The first-order valence-corrected chi connectivity index (χ1v) is 6.65. The minimum absolute atomic E-state index is 0.572. The van der Waals surface area contributed by atoms with E-state index in [-0.39, 0.29) is 0 Å². The lowest BCUT2D eigenvalue weighted by molar-refractivity contribution is 0.415. The summed E-state index contributed by atoms with van der Waals surface area (Å²) in [5.74, 6) is 2.79. The predicted octanol–water partition coefficient (Wildman–Crippen LogP) is 3.30. The molecule has 2 aromatic rings. The first kappa shape index (κ1) is 14.1. The molecule has 1 heterocycles. The summed E-state index contributed by atoms with van der Waals surface area (Å²) in [6, 6.07) is 9.50. The van der Waals surface area contributed by atoms with Gasteiger partial charge in [0, 0.05) is 18.4 Å². The Bertz CT molecular complexity index is 540. The average molecular weight is 272 g/mol. The molecule has 0 aliphatic rings. The first-order valence-electron chi connectivity index (χ1n) is 6.65. The summed E-state index contributed by atoms with van der Waals surface area (Å²) in [6.07, 6.45) is 1.74. The Hall–Kier alpha value is -2.30. The van der Waals surface area contributed by atoms with Crippen LogP contribution in [0.25, 0.3) is 0 Å². The van der Waals surface area contributed by atoms with Crippen molar-refractivity contribution in [3.63, 3.8) is 0 Å². The van der Waals surface area contributed by atoms with Crippen LogP contribution in [0.15, 0.2) is 36.5 Å². The van der Waals surface area contributed by atoms with E-state index in [1.807, 2.05) is 30.3 Å². The molecule has 20 heavy (non-hydrogen) atoms. The van der Waals surface area contributed by atoms with Crippen LogP contribution < -0.4 is 15.4 Å². The van der Waals surface area contributed by atoms with E-state index >= 15 is 0 Å². The van der Waals surface area contributed by atoms with Crippen LogP contribution in [0, 0.1) is 5.92 Å². The Morgan fingerprint density at radius 2 is 1.90 bits per heavy atom. The van der Waals surface area contributed by atoms with Gasteiger partial charge in [0.1, 0.15) is 11.6 Å². The van der Waals surface area contributed by atoms with E-state index in [0.29, 0.717) is 11.9 Å². The van der Waals surface area contributed by atoms with Gasteiger partial charge in [0.15, 0.2) is 0 Å². The normalized spacial score (nSPS) is 10.4. The van der Waals surface area contributed by atoms with Gasteiger partial charge in [-0.25, -0.2) is 4.98 Å². The molecule has 0 saturated heterocycles. The number of methoxy groups -OCH3 is 1. The second kappa shape index (κ2) is 6.75. The Labute approximate surface area is 119 Å². The summed E-state index contributed by atoms with van der Waals surface area (Å²) in [6.45, 7) is 5.20. The molecule has 0 aliphatic heterocycles. The van der Waals surface area contributed by atoms with E-state index in [0.717, 1.165) is 23.8 Å². The van der Waals surface area contributed by atoms with Gasteiger partial charge in [0.05, 0.1) is 7.11 Å². The molecule has 0 saturated carbocycles. The number of ether oxygens (including phenoxy) is 1. The summed E-state index contributed by atoms with van der Waals surface area (Å²) in [4.78, 5) is 8.63. The third-order valence-corrected chi connectivity index (χ3v) is 2.69. The molecule has 0 bridgehead atoms. The molecule has 5 nitrogen and oxygen atoms in total. The van der Waals surface area contributed by atoms with Gasteiger partial charge in [0.25, 0.3) is 0 Å². The standard InChI is InChI=1S/C15H20N4O/c1-11(2)10-17-14-8-9-16-15(19-14)18-12-4-6-13(20-3)7-5-12/h4-9,11H,10H2,1-3H3,(H2,16,17,18,19). The third-order valence-electron chi connectivity index (χ3n) is 2.69. The van der Waals surface area contributed by atoms with Crippen LogP contribution in [-0.4, -0.2) is 23.6 Å². The minimum atomic E-state index is 0.572.